The number of pyridine rings is 1. The fourth-order valence-corrected chi connectivity index (χ4v) is 4.67. The number of likely N-dealkylation sites (tertiary alicyclic amines) is 1. The molecule has 0 aromatic carbocycles. The molecule has 10 heteroatoms. The second kappa shape index (κ2) is 9.32. The van der Waals surface area contributed by atoms with E-state index in [1.54, 1.807) is 12.3 Å². The number of amides is 1. The molecule has 2 aliphatic rings. The first kappa shape index (κ1) is 21.6. The molecule has 3 aromatic heterocycles. The lowest BCUT2D eigenvalue weighted by molar-refractivity contribution is -0.122. The molecule has 0 spiro atoms. The number of hydrogen-bond acceptors (Lipinski definition) is 9. The van der Waals surface area contributed by atoms with Crippen LogP contribution in [0.1, 0.15) is 49.1 Å². The van der Waals surface area contributed by atoms with Gasteiger partial charge in [-0.1, -0.05) is 5.16 Å². The van der Waals surface area contributed by atoms with Crippen LogP contribution < -0.4 is 10.6 Å². The first-order valence-electron chi connectivity index (χ1n) is 11.4. The van der Waals surface area contributed by atoms with Gasteiger partial charge in [0.15, 0.2) is 0 Å². The third-order valence-electron chi connectivity index (χ3n) is 6.55. The minimum atomic E-state index is -0.217. The van der Waals surface area contributed by atoms with Gasteiger partial charge in [-0.2, -0.15) is 4.98 Å². The molecule has 33 heavy (non-hydrogen) atoms. The summed E-state index contributed by atoms with van der Waals surface area (Å²) in [5.41, 5.74) is 6.22. The summed E-state index contributed by atoms with van der Waals surface area (Å²) in [5.74, 6) is 3.09. The van der Waals surface area contributed by atoms with E-state index >= 15 is 0 Å². The predicted octanol–water partition coefficient (Wildman–Crippen LogP) is 2.26. The van der Waals surface area contributed by atoms with Crippen molar-refractivity contribution in [2.75, 3.05) is 24.5 Å². The van der Waals surface area contributed by atoms with Crippen molar-refractivity contribution < 1.29 is 18.8 Å². The minimum absolute atomic E-state index is 0.0349. The number of aliphatic hydroxyl groups excluding tert-OH is 1. The normalized spacial score (nSPS) is 19.9. The Kier molecular flexibility index (Phi) is 6.10. The summed E-state index contributed by atoms with van der Waals surface area (Å²) in [7, 11) is 0. The molecule has 1 atom stereocenters. The van der Waals surface area contributed by atoms with Gasteiger partial charge in [-0.3, -0.25) is 9.69 Å². The van der Waals surface area contributed by atoms with Crippen molar-refractivity contribution in [3.05, 3.63) is 47.9 Å². The summed E-state index contributed by atoms with van der Waals surface area (Å²) in [4.78, 5) is 25.0. The van der Waals surface area contributed by atoms with Crippen molar-refractivity contribution in [1.82, 2.24) is 20.0 Å². The number of primary amides is 1. The third kappa shape index (κ3) is 4.62. The zero-order valence-electron chi connectivity index (χ0n) is 18.4. The van der Waals surface area contributed by atoms with Crippen molar-refractivity contribution in [2.24, 2.45) is 11.7 Å². The van der Waals surface area contributed by atoms with E-state index in [4.69, 9.17) is 14.7 Å². The van der Waals surface area contributed by atoms with Crippen LogP contribution in [0.2, 0.25) is 0 Å². The lowest BCUT2D eigenvalue weighted by Crippen LogP contribution is -2.38. The molecule has 5 rings (SSSR count). The van der Waals surface area contributed by atoms with Crippen LogP contribution in [0, 0.1) is 5.92 Å². The topological polar surface area (TPSA) is 135 Å². The lowest BCUT2D eigenvalue weighted by atomic mass is 9.96. The predicted molar refractivity (Wildman–Crippen MR) is 119 cm³/mol. The van der Waals surface area contributed by atoms with Crippen LogP contribution in [0.25, 0.3) is 11.4 Å². The number of piperidine rings is 1. The molecule has 5 heterocycles. The number of hydrogen-bond donors (Lipinski definition) is 2. The standard InChI is InChI=1S/C23H28N6O4/c24-21(31)15-7-10-28(11-8-15)20-6-3-16(12-25-20)22-26-23(33-27-22)19-2-1-9-29(19)13-17-4-5-18(14-30)32-17/h3-6,12,15,19,30H,1-2,7-11,13-14H2,(H2,24,31). The Bertz CT molecular complexity index is 1090. The Morgan fingerprint density at radius 1 is 1.12 bits per heavy atom. The van der Waals surface area contributed by atoms with E-state index in [1.165, 1.54) is 0 Å². The van der Waals surface area contributed by atoms with E-state index in [0.717, 1.165) is 62.5 Å². The zero-order chi connectivity index (χ0) is 22.8. The number of furan rings is 1. The molecule has 2 aliphatic heterocycles. The number of carbonyl (C=O) groups excluding carboxylic acids is 1. The number of carbonyl (C=O) groups is 1. The monoisotopic (exact) mass is 452 g/mol. The highest BCUT2D eigenvalue weighted by Gasteiger charge is 2.31. The summed E-state index contributed by atoms with van der Waals surface area (Å²) in [6.07, 6.45) is 5.25. The Hall–Kier alpha value is -3.24. The van der Waals surface area contributed by atoms with Crippen LogP contribution in [0.3, 0.4) is 0 Å². The van der Waals surface area contributed by atoms with Crippen molar-refractivity contribution in [2.45, 2.75) is 44.9 Å². The summed E-state index contributed by atoms with van der Waals surface area (Å²) >= 11 is 0. The smallest absolute Gasteiger partial charge is 0.244 e. The van der Waals surface area contributed by atoms with Crippen LogP contribution in [0.4, 0.5) is 5.82 Å². The van der Waals surface area contributed by atoms with Gasteiger partial charge in [-0.25, -0.2) is 4.98 Å². The minimum Gasteiger partial charge on any atom is -0.462 e. The van der Waals surface area contributed by atoms with Gasteiger partial charge in [0.05, 0.1) is 12.6 Å². The highest BCUT2D eigenvalue weighted by molar-refractivity contribution is 5.77. The average molecular weight is 453 g/mol. The summed E-state index contributed by atoms with van der Waals surface area (Å²) in [6, 6.07) is 7.62. The summed E-state index contributed by atoms with van der Waals surface area (Å²) in [5, 5.41) is 13.4. The molecule has 10 nitrogen and oxygen atoms in total. The summed E-state index contributed by atoms with van der Waals surface area (Å²) < 4.78 is 11.3. The van der Waals surface area contributed by atoms with Gasteiger partial charge >= 0.3 is 0 Å². The van der Waals surface area contributed by atoms with Crippen LogP contribution >= 0.6 is 0 Å². The van der Waals surface area contributed by atoms with Crippen molar-refractivity contribution in [1.29, 1.82) is 0 Å². The SMILES string of the molecule is NC(=O)C1CCN(c2ccc(-c3noc(C4CCCN4Cc4ccc(CO)o4)n3)cn2)CC1. The molecular formula is C23H28N6O4. The second-order valence-electron chi connectivity index (χ2n) is 8.68. The third-order valence-corrected chi connectivity index (χ3v) is 6.55. The number of anilines is 1. The van der Waals surface area contributed by atoms with Gasteiger partial charge < -0.3 is 24.7 Å². The number of aliphatic hydroxyl groups is 1. The first-order valence-corrected chi connectivity index (χ1v) is 11.4. The van der Waals surface area contributed by atoms with Crippen molar-refractivity contribution in [3.8, 4) is 11.4 Å². The molecule has 1 unspecified atom stereocenters. The summed E-state index contributed by atoms with van der Waals surface area (Å²) in [6.45, 7) is 2.97. The van der Waals surface area contributed by atoms with E-state index in [9.17, 15) is 9.90 Å². The van der Waals surface area contributed by atoms with Crippen LogP contribution in [-0.2, 0) is 17.9 Å². The maximum Gasteiger partial charge on any atom is 0.244 e. The molecule has 2 fully saturated rings. The molecule has 1 amide bonds. The molecule has 174 valence electrons. The highest BCUT2D eigenvalue weighted by atomic mass is 16.5. The number of aromatic nitrogens is 3. The molecule has 0 saturated carbocycles. The first-order chi connectivity index (χ1) is 16.1. The number of nitrogens with two attached hydrogens (primary N) is 1. The van der Waals surface area contributed by atoms with E-state index in [0.29, 0.717) is 24.0 Å². The molecule has 0 bridgehead atoms. The molecule has 2 saturated heterocycles. The van der Waals surface area contributed by atoms with Crippen molar-refractivity contribution >= 4 is 11.7 Å². The maximum atomic E-state index is 11.4. The largest absolute Gasteiger partial charge is 0.462 e. The van der Waals surface area contributed by atoms with Gasteiger partial charge in [-0.05, 0) is 56.5 Å². The van der Waals surface area contributed by atoms with Crippen LogP contribution in [0.15, 0.2) is 39.4 Å². The Morgan fingerprint density at radius 3 is 2.64 bits per heavy atom. The Labute approximate surface area is 191 Å². The van der Waals surface area contributed by atoms with Crippen LogP contribution in [-0.4, -0.2) is 50.7 Å². The van der Waals surface area contributed by atoms with E-state index in [2.05, 4.69) is 24.9 Å². The number of rotatable bonds is 7. The van der Waals surface area contributed by atoms with E-state index in [-0.39, 0.29) is 24.5 Å². The molecule has 3 aromatic rings. The second-order valence-corrected chi connectivity index (χ2v) is 8.68. The average Bonchev–Trinajstić information content (AvgIpc) is 3.60. The zero-order valence-corrected chi connectivity index (χ0v) is 18.4. The Balaban J connectivity index is 1.24. The molecular weight excluding hydrogens is 424 g/mol. The molecule has 0 aliphatic carbocycles. The van der Waals surface area contributed by atoms with Gasteiger partial charge in [-0.15, -0.1) is 0 Å². The maximum absolute atomic E-state index is 11.4. The van der Waals surface area contributed by atoms with Crippen molar-refractivity contribution in [3.63, 3.8) is 0 Å². The van der Waals surface area contributed by atoms with E-state index < -0.39 is 0 Å². The van der Waals surface area contributed by atoms with Gasteiger partial charge in [0, 0.05) is 30.8 Å². The quantitative estimate of drug-likeness (QED) is 0.553. The molecule has 3 N–H and O–H groups in total. The fraction of sp³-hybridized carbons (Fsp3) is 0.478. The Morgan fingerprint density at radius 2 is 1.94 bits per heavy atom. The lowest BCUT2D eigenvalue weighted by Gasteiger charge is -2.31. The van der Waals surface area contributed by atoms with Gasteiger partial charge in [0.2, 0.25) is 17.6 Å². The molecule has 0 radical (unpaired) electrons. The van der Waals surface area contributed by atoms with Gasteiger partial charge in [0.1, 0.15) is 23.9 Å². The fourth-order valence-electron chi connectivity index (χ4n) is 4.67. The van der Waals surface area contributed by atoms with Gasteiger partial charge in [0.25, 0.3) is 0 Å². The van der Waals surface area contributed by atoms with Crippen LogP contribution in [0.5, 0.6) is 0 Å². The highest BCUT2D eigenvalue weighted by Crippen LogP contribution is 2.33. The van der Waals surface area contributed by atoms with E-state index in [1.807, 2.05) is 18.2 Å². The number of nitrogens with zero attached hydrogens (tertiary/aromatic N) is 5.